The van der Waals surface area contributed by atoms with Gasteiger partial charge in [-0.1, -0.05) is 0 Å². The molecule has 2 aromatic rings. The molecule has 21 heavy (non-hydrogen) atoms. The molecule has 0 bridgehead atoms. The van der Waals surface area contributed by atoms with E-state index in [0.29, 0.717) is 12.1 Å². The second-order valence-electron chi connectivity index (χ2n) is 5.32. The average molecular weight is 286 g/mol. The van der Waals surface area contributed by atoms with Crippen molar-refractivity contribution in [3.63, 3.8) is 0 Å². The van der Waals surface area contributed by atoms with Gasteiger partial charge in [0.05, 0.1) is 5.56 Å². The van der Waals surface area contributed by atoms with E-state index in [-0.39, 0.29) is 18.4 Å². The molecule has 1 aliphatic rings. The van der Waals surface area contributed by atoms with Gasteiger partial charge in [-0.05, 0) is 30.9 Å². The van der Waals surface area contributed by atoms with Gasteiger partial charge < -0.3 is 10.0 Å². The summed E-state index contributed by atoms with van der Waals surface area (Å²) in [5.41, 5.74) is 0.581. The van der Waals surface area contributed by atoms with Gasteiger partial charge in [0.25, 0.3) is 5.91 Å². The van der Waals surface area contributed by atoms with Crippen molar-refractivity contribution in [2.24, 2.45) is 5.92 Å². The highest BCUT2D eigenvalue weighted by Gasteiger charge is 2.24. The molecule has 3 rings (SSSR count). The number of pyridine rings is 1. The van der Waals surface area contributed by atoms with E-state index in [1.807, 2.05) is 6.07 Å². The number of nitrogens with zero attached hydrogens (tertiary/aromatic N) is 4. The molecule has 1 atom stereocenters. The van der Waals surface area contributed by atoms with Crippen molar-refractivity contribution < 1.29 is 9.90 Å². The molecule has 3 heterocycles. The Labute approximate surface area is 123 Å². The van der Waals surface area contributed by atoms with Gasteiger partial charge in [-0.25, -0.2) is 9.97 Å². The normalized spacial score (nSPS) is 18.7. The maximum Gasteiger partial charge on any atom is 0.255 e. The third kappa shape index (κ3) is 2.95. The number of aromatic nitrogens is 3. The van der Waals surface area contributed by atoms with E-state index >= 15 is 0 Å². The van der Waals surface area contributed by atoms with Gasteiger partial charge in [0.15, 0.2) is 0 Å². The molecule has 1 aliphatic heterocycles. The molecule has 110 valence electrons. The molecule has 6 nitrogen and oxygen atoms in total. The van der Waals surface area contributed by atoms with Crippen LogP contribution in [0.5, 0.6) is 0 Å². The highest BCUT2D eigenvalue weighted by atomic mass is 16.3. The Morgan fingerprint density at radius 2 is 2.33 bits per heavy atom. The second-order valence-corrected chi connectivity index (χ2v) is 5.32. The summed E-state index contributed by atoms with van der Waals surface area (Å²) in [6, 6.07) is 3.59. The van der Waals surface area contributed by atoms with E-state index in [9.17, 15) is 9.90 Å². The zero-order valence-corrected chi connectivity index (χ0v) is 11.7. The van der Waals surface area contributed by atoms with Gasteiger partial charge in [0.2, 0.25) is 0 Å². The largest absolute Gasteiger partial charge is 0.396 e. The van der Waals surface area contributed by atoms with Gasteiger partial charge in [0, 0.05) is 38.3 Å². The molecule has 1 amide bonds. The summed E-state index contributed by atoms with van der Waals surface area (Å²) in [6.45, 7) is 1.51. The van der Waals surface area contributed by atoms with E-state index in [2.05, 4.69) is 9.97 Å². The molecule has 0 aromatic carbocycles. The number of piperidine rings is 1. The maximum atomic E-state index is 12.4. The number of aliphatic hydroxyl groups excluding tert-OH is 1. The molecular formula is C15H18N4O2. The fourth-order valence-corrected chi connectivity index (χ4v) is 2.64. The minimum atomic E-state index is -0.0159. The van der Waals surface area contributed by atoms with Crippen LogP contribution in [0.1, 0.15) is 23.2 Å². The smallest absolute Gasteiger partial charge is 0.255 e. The molecule has 1 N–H and O–H groups in total. The molecular weight excluding hydrogens is 268 g/mol. The van der Waals surface area contributed by atoms with Crippen LogP contribution < -0.4 is 0 Å². The zero-order chi connectivity index (χ0) is 14.7. The lowest BCUT2D eigenvalue weighted by atomic mass is 9.98. The van der Waals surface area contributed by atoms with Crippen LogP contribution >= 0.6 is 0 Å². The van der Waals surface area contributed by atoms with Crippen molar-refractivity contribution in [2.45, 2.75) is 12.8 Å². The number of likely N-dealkylation sites (tertiary alicyclic amines) is 1. The number of carbonyl (C=O) groups excluding carboxylic acids is 1. The van der Waals surface area contributed by atoms with Crippen molar-refractivity contribution >= 4 is 5.91 Å². The van der Waals surface area contributed by atoms with Crippen molar-refractivity contribution in [1.29, 1.82) is 0 Å². The monoisotopic (exact) mass is 286 g/mol. The van der Waals surface area contributed by atoms with Crippen LogP contribution in [0, 0.1) is 5.92 Å². The molecule has 1 fully saturated rings. The van der Waals surface area contributed by atoms with Crippen LogP contribution in [0.25, 0.3) is 5.82 Å². The van der Waals surface area contributed by atoms with Gasteiger partial charge in [0.1, 0.15) is 12.1 Å². The van der Waals surface area contributed by atoms with Crippen LogP contribution in [0.2, 0.25) is 0 Å². The van der Waals surface area contributed by atoms with E-state index in [1.54, 1.807) is 40.5 Å². The number of hydrogen-bond acceptors (Lipinski definition) is 4. The Morgan fingerprint density at radius 3 is 3.00 bits per heavy atom. The third-order valence-corrected chi connectivity index (χ3v) is 3.83. The van der Waals surface area contributed by atoms with E-state index < -0.39 is 0 Å². The van der Waals surface area contributed by atoms with Crippen LogP contribution in [-0.4, -0.2) is 50.1 Å². The van der Waals surface area contributed by atoms with Gasteiger partial charge in [-0.2, -0.15) is 0 Å². The first-order valence-corrected chi connectivity index (χ1v) is 7.12. The summed E-state index contributed by atoms with van der Waals surface area (Å²) in [4.78, 5) is 22.5. The Kier molecular flexibility index (Phi) is 3.96. The van der Waals surface area contributed by atoms with Gasteiger partial charge in [-0.3, -0.25) is 9.36 Å². The first-order chi connectivity index (χ1) is 10.3. The standard InChI is InChI=1S/C15H18N4O2/c20-10-12-2-1-6-18(9-12)15(21)13-3-4-14(17-8-13)19-7-5-16-11-19/h3-5,7-8,11-12,20H,1-2,6,9-10H2. The molecule has 1 unspecified atom stereocenters. The molecule has 0 aliphatic carbocycles. The summed E-state index contributed by atoms with van der Waals surface area (Å²) >= 11 is 0. The Morgan fingerprint density at radius 1 is 1.43 bits per heavy atom. The highest BCUT2D eigenvalue weighted by Crippen LogP contribution is 2.18. The van der Waals surface area contributed by atoms with Crippen LogP contribution in [-0.2, 0) is 0 Å². The van der Waals surface area contributed by atoms with Crippen molar-refractivity contribution in [2.75, 3.05) is 19.7 Å². The number of rotatable bonds is 3. The molecule has 0 spiro atoms. The SMILES string of the molecule is O=C(c1ccc(-n2ccnc2)nc1)N1CCCC(CO)C1. The number of imidazole rings is 1. The summed E-state index contributed by atoms with van der Waals surface area (Å²) in [5, 5.41) is 9.24. The number of hydrogen-bond donors (Lipinski definition) is 1. The van der Waals surface area contributed by atoms with Crippen molar-refractivity contribution in [3.8, 4) is 5.82 Å². The predicted octanol–water partition coefficient (Wildman–Crippen LogP) is 1.11. The first kappa shape index (κ1) is 13.8. The van der Waals surface area contributed by atoms with Crippen molar-refractivity contribution in [3.05, 3.63) is 42.6 Å². The lowest BCUT2D eigenvalue weighted by molar-refractivity contribution is 0.0620. The predicted molar refractivity (Wildman–Crippen MR) is 77.1 cm³/mol. The van der Waals surface area contributed by atoms with Gasteiger partial charge in [-0.15, -0.1) is 0 Å². The Hall–Kier alpha value is -2.21. The fourth-order valence-electron chi connectivity index (χ4n) is 2.64. The lowest BCUT2D eigenvalue weighted by Crippen LogP contribution is -2.41. The summed E-state index contributed by atoms with van der Waals surface area (Å²) < 4.78 is 1.79. The minimum absolute atomic E-state index is 0.0159. The molecule has 0 saturated carbocycles. The molecule has 2 aromatic heterocycles. The Bertz CT molecular complexity index is 595. The van der Waals surface area contributed by atoms with Gasteiger partial charge >= 0.3 is 0 Å². The Balaban J connectivity index is 1.73. The summed E-state index contributed by atoms with van der Waals surface area (Å²) in [5.74, 6) is 0.912. The minimum Gasteiger partial charge on any atom is -0.396 e. The number of aliphatic hydroxyl groups is 1. The molecule has 1 saturated heterocycles. The zero-order valence-electron chi connectivity index (χ0n) is 11.7. The quantitative estimate of drug-likeness (QED) is 0.917. The van der Waals surface area contributed by atoms with E-state index in [0.717, 1.165) is 25.2 Å². The maximum absolute atomic E-state index is 12.4. The third-order valence-electron chi connectivity index (χ3n) is 3.83. The molecule has 0 radical (unpaired) electrons. The first-order valence-electron chi connectivity index (χ1n) is 7.12. The van der Waals surface area contributed by atoms with E-state index in [4.69, 9.17) is 0 Å². The summed E-state index contributed by atoms with van der Waals surface area (Å²) in [6.07, 6.45) is 8.68. The number of amides is 1. The van der Waals surface area contributed by atoms with Crippen LogP contribution in [0.4, 0.5) is 0 Å². The van der Waals surface area contributed by atoms with E-state index in [1.165, 1.54) is 0 Å². The number of carbonyl (C=O) groups is 1. The average Bonchev–Trinajstić information content (AvgIpc) is 3.09. The topological polar surface area (TPSA) is 71.2 Å². The summed E-state index contributed by atoms with van der Waals surface area (Å²) in [7, 11) is 0. The second kappa shape index (κ2) is 6.05. The fraction of sp³-hybridized carbons (Fsp3) is 0.400. The van der Waals surface area contributed by atoms with Crippen molar-refractivity contribution in [1.82, 2.24) is 19.4 Å². The van der Waals surface area contributed by atoms with Crippen LogP contribution in [0.3, 0.4) is 0 Å². The highest BCUT2D eigenvalue weighted by molar-refractivity contribution is 5.94. The molecule has 6 heteroatoms. The van der Waals surface area contributed by atoms with Crippen LogP contribution in [0.15, 0.2) is 37.1 Å². The lowest BCUT2D eigenvalue weighted by Gasteiger charge is -2.31.